The van der Waals surface area contributed by atoms with E-state index in [1.165, 1.54) is 12.8 Å². The number of benzene rings is 1. The van der Waals surface area contributed by atoms with Crippen LogP contribution in [0.5, 0.6) is 0 Å². The number of hydrogen-bond acceptors (Lipinski definition) is 2. The number of nitrogen functional groups attached to an aromatic ring is 1. The lowest BCUT2D eigenvalue weighted by Gasteiger charge is -2.13. The molecule has 78 valence electrons. The van der Waals surface area contributed by atoms with Gasteiger partial charge in [-0.25, -0.2) is 0 Å². The van der Waals surface area contributed by atoms with Crippen molar-refractivity contribution in [3.63, 3.8) is 0 Å². The van der Waals surface area contributed by atoms with E-state index in [0.29, 0.717) is 10.9 Å². The van der Waals surface area contributed by atoms with Crippen LogP contribution in [0, 0.1) is 5.92 Å². The van der Waals surface area contributed by atoms with Gasteiger partial charge in [-0.3, -0.25) is 0 Å². The van der Waals surface area contributed by atoms with Gasteiger partial charge in [0.05, 0.1) is 0 Å². The molecule has 4 heteroatoms. The Balaban J connectivity index is 0.000000980. The fourth-order valence-corrected chi connectivity index (χ4v) is 1.72. The highest BCUT2D eigenvalue weighted by Gasteiger charge is 2.30. The molecule has 0 heterocycles. The molecule has 1 aromatic rings. The molecule has 0 unspecified atom stereocenters. The molecule has 0 amide bonds. The van der Waals surface area contributed by atoms with E-state index in [-0.39, 0.29) is 18.4 Å². The van der Waals surface area contributed by atoms with E-state index in [9.17, 15) is 0 Å². The first kappa shape index (κ1) is 11.6. The molecule has 0 radical (unpaired) electrons. The second-order valence-corrected chi connectivity index (χ2v) is 4.07. The van der Waals surface area contributed by atoms with Gasteiger partial charge < -0.3 is 11.5 Å². The normalized spacial score (nSPS) is 17.3. The van der Waals surface area contributed by atoms with Crippen LogP contribution in [-0.4, -0.2) is 0 Å². The monoisotopic (exact) mass is 232 g/mol. The summed E-state index contributed by atoms with van der Waals surface area (Å²) < 4.78 is 0. The van der Waals surface area contributed by atoms with Gasteiger partial charge in [0, 0.05) is 16.8 Å². The fourth-order valence-electron chi connectivity index (χ4n) is 1.54. The van der Waals surface area contributed by atoms with Gasteiger partial charge in [0.25, 0.3) is 0 Å². The lowest BCUT2D eigenvalue weighted by molar-refractivity contribution is 0.635. The molecule has 4 N–H and O–H groups in total. The van der Waals surface area contributed by atoms with E-state index >= 15 is 0 Å². The summed E-state index contributed by atoms with van der Waals surface area (Å²) in [6.45, 7) is 0. The van der Waals surface area contributed by atoms with Crippen LogP contribution in [0.15, 0.2) is 18.2 Å². The molecule has 1 fully saturated rings. The Bertz CT molecular complexity index is 324. The van der Waals surface area contributed by atoms with Crippen molar-refractivity contribution in [3.8, 4) is 0 Å². The van der Waals surface area contributed by atoms with Gasteiger partial charge in [0.15, 0.2) is 0 Å². The van der Waals surface area contributed by atoms with Crippen LogP contribution in [0.2, 0.25) is 5.02 Å². The first-order chi connectivity index (χ1) is 6.18. The third-order valence-corrected chi connectivity index (χ3v) is 2.77. The summed E-state index contributed by atoms with van der Waals surface area (Å²) in [5.41, 5.74) is 13.6. The molecule has 2 nitrogen and oxygen atoms in total. The minimum absolute atomic E-state index is 0. The lowest BCUT2D eigenvalue weighted by Crippen LogP contribution is -2.14. The molecule has 0 aromatic heterocycles. The predicted octanol–water partition coefficient (Wildman–Crippen LogP) is 2.75. The first-order valence-electron chi connectivity index (χ1n) is 4.49. The van der Waals surface area contributed by atoms with E-state index in [2.05, 4.69) is 0 Å². The molecule has 1 atom stereocenters. The van der Waals surface area contributed by atoms with Crippen molar-refractivity contribution in [1.82, 2.24) is 0 Å². The molecule has 1 aromatic carbocycles. The highest BCUT2D eigenvalue weighted by molar-refractivity contribution is 6.30. The molecule has 0 saturated heterocycles. The molecule has 14 heavy (non-hydrogen) atoms. The Morgan fingerprint density at radius 3 is 2.57 bits per heavy atom. The standard InChI is InChI=1S/C10H13ClN2.ClH/c11-7-3-4-9(12)8(5-7)10(13)6-1-2-6;/h3-6,10H,1-2,12-13H2;1H/t10-;/m1./s1. The molecule has 1 aliphatic carbocycles. The van der Waals surface area contributed by atoms with Crippen molar-refractivity contribution in [2.24, 2.45) is 11.7 Å². The van der Waals surface area contributed by atoms with Gasteiger partial charge in [-0.2, -0.15) is 0 Å². The van der Waals surface area contributed by atoms with Crippen molar-refractivity contribution in [1.29, 1.82) is 0 Å². The first-order valence-corrected chi connectivity index (χ1v) is 4.87. The lowest BCUT2D eigenvalue weighted by atomic mass is 10.0. The van der Waals surface area contributed by atoms with Crippen LogP contribution in [-0.2, 0) is 0 Å². The van der Waals surface area contributed by atoms with E-state index < -0.39 is 0 Å². The molecule has 0 spiro atoms. The van der Waals surface area contributed by atoms with Crippen molar-refractivity contribution >= 4 is 29.7 Å². The number of rotatable bonds is 2. The predicted molar refractivity (Wildman–Crippen MR) is 62.8 cm³/mol. The molecule has 2 rings (SSSR count). The number of hydrogen-bond donors (Lipinski definition) is 2. The zero-order chi connectivity index (χ0) is 9.42. The number of nitrogens with two attached hydrogens (primary N) is 2. The van der Waals surface area contributed by atoms with Crippen molar-refractivity contribution in [3.05, 3.63) is 28.8 Å². The van der Waals surface area contributed by atoms with Gasteiger partial charge in [-0.05, 0) is 42.5 Å². The fraction of sp³-hybridized carbons (Fsp3) is 0.400. The van der Waals surface area contributed by atoms with Crippen LogP contribution >= 0.6 is 24.0 Å². The third-order valence-electron chi connectivity index (χ3n) is 2.54. The summed E-state index contributed by atoms with van der Waals surface area (Å²) in [5.74, 6) is 0.612. The van der Waals surface area contributed by atoms with Crippen LogP contribution in [0.25, 0.3) is 0 Å². The van der Waals surface area contributed by atoms with Crippen LogP contribution < -0.4 is 11.5 Å². The zero-order valence-corrected chi connectivity index (χ0v) is 9.31. The SMILES string of the molecule is Cl.Nc1ccc(Cl)cc1[C@H](N)C1CC1. The summed E-state index contributed by atoms with van der Waals surface area (Å²) in [5, 5.41) is 0.709. The van der Waals surface area contributed by atoms with Gasteiger partial charge in [-0.1, -0.05) is 11.6 Å². The number of halogens is 2. The maximum Gasteiger partial charge on any atom is 0.0410 e. The summed E-state index contributed by atoms with van der Waals surface area (Å²) in [4.78, 5) is 0. The maximum atomic E-state index is 6.03. The largest absolute Gasteiger partial charge is 0.398 e. The van der Waals surface area contributed by atoms with E-state index in [1.807, 2.05) is 12.1 Å². The van der Waals surface area contributed by atoms with Crippen LogP contribution in [0.4, 0.5) is 5.69 Å². The van der Waals surface area contributed by atoms with E-state index in [0.717, 1.165) is 11.3 Å². The second-order valence-electron chi connectivity index (χ2n) is 3.64. The maximum absolute atomic E-state index is 6.03. The highest BCUT2D eigenvalue weighted by atomic mass is 35.5. The smallest absolute Gasteiger partial charge is 0.0410 e. The molecule has 0 aliphatic heterocycles. The van der Waals surface area contributed by atoms with Crippen molar-refractivity contribution in [2.45, 2.75) is 18.9 Å². The quantitative estimate of drug-likeness (QED) is 0.771. The van der Waals surface area contributed by atoms with Gasteiger partial charge in [0.1, 0.15) is 0 Å². The van der Waals surface area contributed by atoms with Gasteiger partial charge >= 0.3 is 0 Å². The summed E-state index contributed by atoms with van der Waals surface area (Å²) in [7, 11) is 0. The molecular weight excluding hydrogens is 219 g/mol. The molecule has 0 bridgehead atoms. The number of anilines is 1. The Hall–Kier alpha value is -0.440. The van der Waals surface area contributed by atoms with Crippen molar-refractivity contribution < 1.29 is 0 Å². The van der Waals surface area contributed by atoms with Crippen LogP contribution in [0.1, 0.15) is 24.4 Å². The average molecular weight is 233 g/mol. The zero-order valence-electron chi connectivity index (χ0n) is 7.74. The summed E-state index contributed by atoms with van der Waals surface area (Å²) >= 11 is 5.87. The molecule has 1 saturated carbocycles. The minimum Gasteiger partial charge on any atom is -0.398 e. The molecule has 1 aliphatic rings. The van der Waals surface area contributed by atoms with E-state index in [1.54, 1.807) is 6.07 Å². The highest BCUT2D eigenvalue weighted by Crippen LogP contribution is 2.41. The van der Waals surface area contributed by atoms with Crippen LogP contribution in [0.3, 0.4) is 0 Å². The Kier molecular flexibility index (Phi) is 3.65. The summed E-state index contributed by atoms with van der Waals surface area (Å²) in [6, 6.07) is 5.55. The van der Waals surface area contributed by atoms with Gasteiger partial charge in [0.2, 0.25) is 0 Å². The topological polar surface area (TPSA) is 52.0 Å². The van der Waals surface area contributed by atoms with Gasteiger partial charge in [-0.15, -0.1) is 12.4 Å². The Morgan fingerprint density at radius 2 is 2.00 bits per heavy atom. The summed E-state index contributed by atoms with van der Waals surface area (Å²) in [6.07, 6.45) is 2.43. The van der Waals surface area contributed by atoms with E-state index in [4.69, 9.17) is 23.1 Å². The van der Waals surface area contributed by atoms with Crippen molar-refractivity contribution in [2.75, 3.05) is 5.73 Å². The average Bonchev–Trinajstić information content (AvgIpc) is 2.91. The molecular formula is C10H14Cl2N2. The third kappa shape index (κ3) is 2.32. The minimum atomic E-state index is 0. The Labute approximate surface area is 95.0 Å². The second kappa shape index (κ2) is 4.39. The Morgan fingerprint density at radius 1 is 1.36 bits per heavy atom.